The van der Waals surface area contributed by atoms with Crippen molar-refractivity contribution in [2.45, 2.75) is 37.5 Å². The minimum atomic E-state index is -4.42. The Morgan fingerprint density at radius 1 is 1.44 bits per heavy atom. The van der Waals surface area contributed by atoms with Gasteiger partial charge in [0.25, 0.3) is 0 Å². The number of alkyl halides is 3. The third-order valence-corrected chi connectivity index (χ3v) is 5.98. The van der Waals surface area contributed by atoms with Gasteiger partial charge < -0.3 is 11.1 Å². The van der Waals surface area contributed by atoms with Crippen molar-refractivity contribution in [3.8, 4) is 0 Å². The maximum atomic E-state index is 12.1. The van der Waals surface area contributed by atoms with Gasteiger partial charge in [0.1, 0.15) is 17.2 Å². The van der Waals surface area contributed by atoms with Crippen LogP contribution in [0.5, 0.6) is 0 Å². The number of halogens is 3. The molecule has 2 heterocycles. The first-order chi connectivity index (χ1) is 11.7. The number of fused-ring (bicyclic) bond motifs is 3. The van der Waals surface area contributed by atoms with E-state index in [4.69, 9.17) is 5.73 Å². The van der Waals surface area contributed by atoms with Crippen LogP contribution < -0.4 is 11.1 Å². The first-order valence-corrected chi connectivity index (χ1v) is 9.57. The van der Waals surface area contributed by atoms with Crippen molar-refractivity contribution in [2.24, 2.45) is 5.92 Å². The second-order valence-corrected chi connectivity index (χ2v) is 8.13. The molecule has 0 saturated carbocycles. The summed E-state index contributed by atoms with van der Waals surface area (Å²) in [6.45, 7) is 0.869. The van der Waals surface area contributed by atoms with Crippen LogP contribution in [-0.4, -0.2) is 34.3 Å². The Kier molecular flexibility index (Phi) is 5.10. The number of aryl methyl sites for hydroxylation is 1. The number of carbonyl (C=O) groups is 1. The summed E-state index contributed by atoms with van der Waals surface area (Å²) in [5, 5.41) is 3.01. The lowest BCUT2D eigenvalue weighted by Gasteiger charge is -2.17. The van der Waals surface area contributed by atoms with E-state index in [1.165, 1.54) is 10.4 Å². The number of nitrogens with one attached hydrogen (secondary N) is 1. The lowest BCUT2D eigenvalue weighted by molar-refractivity contribution is -0.136. The molecule has 136 valence electrons. The maximum absolute atomic E-state index is 12.1. The summed E-state index contributed by atoms with van der Waals surface area (Å²) in [7, 11) is 0. The van der Waals surface area contributed by atoms with Gasteiger partial charge in [-0.05, 0) is 30.7 Å². The molecule has 0 radical (unpaired) electrons. The highest BCUT2D eigenvalue weighted by atomic mass is 32.2. The van der Waals surface area contributed by atoms with Crippen molar-refractivity contribution in [1.29, 1.82) is 0 Å². The highest BCUT2D eigenvalue weighted by molar-refractivity contribution is 7.99. The SMILES string of the molecule is C[C@H]1CCc2c(sc3nc(SCC(=O)NCC(F)(F)F)nc(N)c23)C1. The number of rotatable bonds is 4. The minimum Gasteiger partial charge on any atom is -0.383 e. The van der Waals surface area contributed by atoms with Crippen molar-refractivity contribution >= 4 is 45.0 Å². The molecule has 3 N–H and O–H groups in total. The van der Waals surface area contributed by atoms with Crippen LogP contribution in [0, 0.1) is 5.92 Å². The Bertz CT molecular complexity index is 806. The fourth-order valence-corrected chi connectivity index (χ4v) is 4.92. The van der Waals surface area contributed by atoms with Crippen molar-refractivity contribution < 1.29 is 18.0 Å². The molecule has 1 aliphatic rings. The second-order valence-electron chi connectivity index (χ2n) is 6.10. The lowest BCUT2D eigenvalue weighted by atomic mass is 9.89. The molecule has 0 aliphatic heterocycles. The molecule has 1 amide bonds. The molecule has 0 fully saturated rings. The van der Waals surface area contributed by atoms with Gasteiger partial charge in [-0.3, -0.25) is 4.79 Å². The van der Waals surface area contributed by atoms with E-state index in [1.807, 2.05) is 5.32 Å². The summed E-state index contributed by atoms with van der Waals surface area (Å²) < 4.78 is 36.3. The number of carbonyl (C=O) groups excluding carboxylic acids is 1. The topological polar surface area (TPSA) is 80.9 Å². The summed E-state index contributed by atoms with van der Waals surface area (Å²) >= 11 is 2.57. The van der Waals surface area contributed by atoms with Crippen LogP contribution in [0.3, 0.4) is 0 Å². The number of nitrogens with zero attached hydrogens (tertiary/aromatic N) is 2. The van der Waals surface area contributed by atoms with Crippen LogP contribution in [0.25, 0.3) is 10.2 Å². The number of hydrogen-bond donors (Lipinski definition) is 2. The van der Waals surface area contributed by atoms with Crippen LogP contribution in [0.15, 0.2) is 5.16 Å². The molecular formula is C15H17F3N4OS2. The summed E-state index contributed by atoms with van der Waals surface area (Å²) in [6.07, 6.45) is -1.37. The van der Waals surface area contributed by atoms with Crippen molar-refractivity contribution in [1.82, 2.24) is 15.3 Å². The standard InChI is InChI=1S/C15H17F3N4OS2/c1-7-2-3-8-9(4-7)25-13-11(8)12(19)21-14(22-13)24-5-10(23)20-6-15(16,17)18/h7H,2-6H2,1H3,(H,20,23)(H2,19,21,22)/t7-/m0/s1. The van der Waals surface area contributed by atoms with E-state index < -0.39 is 18.6 Å². The number of hydrogen-bond acceptors (Lipinski definition) is 6. The summed E-state index contributed by atoms with van der Waals surface area (Å²) in [5.41, 5.74) is 7.29. The van der Waals surface area contributed by atoms with Crippen LogP contribution in [0.1, 0.15) is 23.8 Å². The molecule has 0 spiro atoms. The predicted octanol–water partition coefficient (Wildman–Crippen LogP) is 3.17. The zero-order chi connectivity index (χ0) is 18.2. The Morgan fingerprint density at radius 2 is 2.20 bits per heavy atom. The quantitative estimate of drug-likeness (QED) is 0.619. The van der Waals surface area contributed by atoms with Gasteiger partial charge in [-0.2, -0.15) is 13.2 Å². The number of thiophene rings is 1. The Hall–Kier alpha value is -1.55. The number of anilines is 1. The first kappa shape index (κ1) is 18.2. The fourth-order valence-electron chi connectivity index (χ4n) is 2.79. The van der Waals surface area contributed by atoms with Gasteiger partial charge in [0.2, 0.25) is 5.91 Å². The molecule has 1 atom stereocenters. The third kappa shape index (κ3) is 4.35. The van der Waals surface area contributed by atoms with Crippen molar-refractivity contribution in [2.75, 3.05) is 18.0 Å². The summed E-state index contributed by atoms with van der Waals surface area (Å²) in [5.74, 6) is 0.0865. The maximum Gasteiger partial charge on any atom is 0.405 e. The van der Waals surface area contributed by atoms with Gasteiger partial charge in [0.15, 0.2) is 5.16 Å². The fraction of sp³-hybridized carbons (Fsp3) is 0.533. The number of amides is 1. The van der Waals surface area contributed by atoms with Crippen LogP contribution in [-0.2, 0) is 17.6 Å². The van der Waals surface area contributed by atoms with Crippen LogP contribution in [0.2, 0.25) is 0 Å². The first-order valence-electron chi connectivity index (χ1n) is 7.77. The number of nitrogens with two attached hydrogens (primary N) is 1. The molecule has 2 aromatic rings. The van der Waals surface area contributed by atoms with E-state index in [1.54, 1.807) is 11.3 Å². The van der Waals surface area contributed by atoms with Crippen LogP contribution >= 0.6 is 23.1 Å². The van der Waals surface area contributed by atoms with E-state index in [0.717, 1.165) is 41.2 Å². The molecule has 0 aromatic carbocycles. The molecule has 0 bridgehead atoms. The monoisotopic (exact) mass is 390 g/mol. The van der Waals surface area contributed by atoms with E-state index in [0.29, 0.717) is 16.9 Å². The molecule has 0 unspecified atom stereocenters. The Labute approximate surface area is 150 Å². The van der Waals surface area contributed by atoms with E-state index in [2.05, 4.69) is 16.9 Å². The molecule has 5 nitrogen and oxygen atoms in total. The van der Waals surface area contributed by atoms with Gasteiger partial charge in [-0.1, -0.05) is 18.7 Å². The smallest absolute Gasteiger partial charge is 0.383 e. The van der Waals surface area contributed by atoms with E-state index >= 15 is 0 Å². The van der Waals surface area contributed by atoms with Crippen LogP contribution in [0.4, 0.5) is 19.0 Å². The normalized spacial score (nSPS) is 17.5. The summed E-state index contributed by atoms with van der Waals surface area (Å²) in [4.78, 5) is 22.2. The molecule has 0 saturated heterocycles. The zero-order valence-electron chi connectivity index (χ0n) is 13.4. The molecule has 25 heavy (non-hydrogen) atoms. The predicted molar refractivity (Wildman–Crippen MR) is 92.8 cm³/mol. The third-order valence-electron chi connectivity index (χ3n) is 3.98. The summed E-state index contributed by atoms with van der Waals surface area (Å²) in [6, 6.07) is 0. The van der Waals surface area contributed by atoms with Crippen molar-refractivity contribution in [3.63, 3.8) is 0 Å². The highest BCUT2D eigenvalue weighted by Gasteiger charge is 2.28. The van der Waals surface area contributed by atoms with Gasteiger partial charge in [-0.15, -0.1) is 11.3 Å². The van der Waals surface area contributed by atoms with Gasteiger partial charge in [0, 0.05) is 4.88 Å². The lowest BCUT2D eigenvalue weighted by Crippen LogP contribution is -2.34. The second kappa shape index (κ2) is 6.99. The highest BCUT2D eigenvalue weighted by Crippen LogP contribution is 2.39. The number of thioether (sulfide) groups is 1. The molecular weight excluding hydrogens is 373 g/mol. The average molecular weight is 390 g/mol. The average Bonchev–Trinajstić information content (AvgIpc) is 2.87. The van der Waals surface area contributed by atoms with Crippen molar-refractivity contribution in [3.05, 3.63) is 10.4 Å². The zero-order valence-corrected chi connectivity index (χ0v) is 15.1. The Morgan fingerprint density at radius 3 is 2.92 bits per heavy atom. The largest absolute Gasteiger partial charge is 0.405 e. The molecule has 1 aliphatic carbocycles. The van der Waals surface area contributed by atoms with E-state index in [9.17, 15) is 18.0 Å². The van der Waals surface area contributed by atoms with E-state index in [-0.39, 0.29) is 5.75 Å². The molecule has 10 heteroatoms. The van der Waals surface area contributed by atoms with Gasteiger partial charge >= 0.3 is 6.18 Å². The van der Waals surface area contributed by atoms with Gasteiger partial charge in [0.05, 0.1) is 11.1 Å². The number of aromatic nitrogens is 2. The molecule has 3 rings (SSSR count). The minimum absolute atomic E-state index is 0.191. The Balaban J connectivity index is 1.72. The van der Waals surface area contributed by atoms with Gasteiger partial charge in [-0.25, -0.2) is 9.97 Å². The molecule has 2 aromatic heterocycles. The number of nitrogen functional groups attached to an aromatic ring is 1.